The van der Waals surface area contributed by atoms with E-state index in [1.54, 1.807) is 11.0 Å². The van der Waals surface area contributed by atoms with Crippen molar-refractivity contribution in [3.8, 4) is 0 Å². The Kier molecular flexibility index (Phi) is 5.44. The van der Waals surface area contributed by atoms with Gasteiger partial charge >= 0.3 is 0 Å². The summed E-state index contributed by atoms with van der Waals surface area (Å²) in [5.41, 5.74) is 9.34. The summed E-state index contributed by atoms with van der Waals surface area (Å²) < 4.78 is 0. The minimum Gasteiger partial charge on any atom is -0.399 e. The van der Waals surface area contributed by atoms with Crippen LogP contribution in [-0.2, 0) is 4.79 Å². The maximum atomic E-state index is 11.9. The molecule has 22 heavy (non-hydrogen) atoms. The SMILES string of the molecule is C=C/C=C(\C/N=C(\S)c1ccc(N)c(C)c1)N1CCCC1=O. The topological polar surface area (TPSA) is 58.7 Å². The first-order valence-corrected chi connectivity index (χ1v) is 7.69. The van der Waals surface area contributed by atoms with Crippen LogP contribution in [0.4, 0.5) is 5.69 Å². The molecule has 1 heterocycles. The maximum Gasteiger partial charge on any atom is 0.226 e. The molecule has 0 aromatic heterocycles. The van der Waals surface area contributed by atoms with Crippen molar-refractivity contribution in [2.45, 2.75) is 19.8 Å². The lowest BCUT2D eigenvalue weighted by molar-refractivity contribution is -0.126. The predicted octanol–water partition coefficient (Wildman–Crippen LogP) is 2.95. The number of benzene rings is 1. The standard InChI is InChI=1S/C17H21N3OS/c1-3-5-14(20-9-4-6-16(20)21)11-19-17(22)13-7-8-15(18)12(2)10-13/h3,5,7-8,10H,1,4,6,9,11,18H2,2H3,(H,19,22)/b14-5+. The van der Waals surface area contributed by atoms with Crippen molar-refractivity contribution in [1.82, 2.24) is 4.90 Å². The van der Waals surface area contributed by atoms with Gasteiger partial charge in [-0.3, -0.25) is 9.79 Å². The fraction of sp³-hybridized carbons (Fsp3) is 0.294. The summed E-state index contributed by atoms with van der Waals surface area (Å²) in [6.07, 6.45) is 5.01. The molecule has 5 heteroatoms. The second kappa shape index (κ2) is 7.31. The van der Waals surface area contributed by atoms with Crippen LogP contribution in [0.1, 0.15) is 24.0 Å². The molecule has 0 atom stereocenters. The lowest BCUT2D eigenvalue weighted by Crippen LogP contribution is -2.25. The molecule has 0 spiro atoms. The van der Waals surface area contributed by atoms with Crippen LogP contribution in [0.5, 0.6) is 0 Å². The van der Waals surface area contributed by atoms with Gasteiger partial charge in [-0.25, -0.2) is 0 Å². The summed E-state index contributed by atoms with van der Waals surface area (Å²) in [4.78, 5) is 18.1. The number of thiol groups is 1. The first kappa shape index (κ1) is 16.4. The van der Waals surface area contributed by atoms with E-state index >= 15 is 0 Å². The monoisotopic (exact) mass is 315 g/mol. The zero-order chi connectivity index (χ0) is 16.1. The summed E-state index contributed by atoms with van der Waals surface area (Å²) in [6, 6.07) is 5.70. The van der Waals surface area contributed by atoms with Gasteiger partial charge in [0.1, 0.15) is 0 Å². The molecule has 0 radical (unpaired) electrons. The molecule has 1 amide bonds. The number of anilines is 1. The molecule has 1 aliphatic rings. The number of rotatable bonds is 5. The van der Waals surface area contributed by atoms with Gasteiger partial charge in [0.05, 0.1) is 11.6 Å². The summed E-state index contributed by atoms with van der Waals surface area (Å²) in [5.74, 6) is 0.146. The predicted molar refractivity (Wildman–Crippen MR) is 95.2 cm³/mol. The molecule has 1 saturated heterocycles. The highest BCUT2D eigenvalue weighted by atomic mass is 32.1. The van der Waals surface area contributed by atoms with E-state index < -0.39 is 0 Å². The molecule has 4 nitrogen and oxygen atoms in total. The largest absolute Gasteiger partial charge is 0.399 e. The van der Waals surface area contributed by atoms with Crippen molar-refractivity contribution in [1.29, 1.82) is 0 Å². The number of likely N-dealkylation sites (tertiary alicyclic amines) is 1. The lowest BCUT2D eigenvalue weighted by Gasteiger charge is -2.18. The number of nitrogens with zero attached hydrogens (tertiary/aromatic N) is 2. The highest BCUT2D eigenvalue weighted by Crippen LogP contribution is 2.18. The van der Waals surface area contributed by atoms with E-state index in [1.165, 1.54) is 0 Å². The normalized spacial score (nSPS) is 16.3. The second-order valence-electron chi connectivity index (χ2n) is 5.25. The summed E-state index contributed by atoms with van der Waals surface area (Å²) >= 11 is 4.46. The Morgan fingerprint density at radius 2 is 2.32 bits per heavy atom. The van der Waals surface area contributed by atoms with Gasteiger partial charge in [0.2, 0.25) is 5.91 Å². The van der Waals surface area contributed by atoms with E-state index in [0.29, 0.717) is 18.0 Å². The Balaban J connectivity index is 2.16. The number of aliphatic imine (C=N–C) groups is 1. The molecule has 0 aliphatic carbocycles. The maximum absolute atomic E-state index is 11.9. The number of aryl methyl sites for hydroxylation is 1. The van der Waals surface area contributed by atoms with E-state index in [2.05, 4.69) is 24.2 Å². The molecule has 1 fully saturated rings. The third kappa shape index (κ3) is 3.80. The van der Waals surface area contributed by atoms with Crippen molar-refractivity contribution in [3.63, 3.8) is 0 Å². The number of carbonyl (C=O) groups excluding carboxylic acids is 1. The fourth-order valence-corrected chi connectivity index (χ4v) is 2.59. The number of carbonyl (C=O) groups is 1. The van der Waals surface area contributed by atoms with Gasteiger partial charge in [0, 0.05) is 29.9 Å². The van der Waals surface area contributed by atoms with E-state index in [9.17, 15) is 4.79 Å². The quantitative estimate of drug-likeness (QED) is 0.288. The Morgan fingerprint density at radius 1 is 1.55 bits per heavy atom. The third-order valence-electron chi connectivity index (χ3n) is 3.65. The van der Waals surface area contributed by atoms with Crippen LogP contribution in [-0.4, -0.2) is 28.9 Å². The molecule has 2 rings (SSSR count). The van der Waals surface area contributed by atoms with Gasteiger partial charge in [-0.1, -0.05) is 18.7 Å². The lowest BCUT2D eigenvalue weighted by atomic mass is 10.1. The Labute approximate surface area is 136 Å². The average Bonchev–Trinajstić information content (AvgIpc) is 2.92. The van der Waals surface area contributed by atoms with Gasteiger partial charge in [0.15, 0.2) is 0 Å². The minimum absolute atomic E-state index is 0.146. The molecule has 0 unspecified atom stereocenters. The fourth-order valence-electron chi connectivity index (χ4n) is 2.38. The average molecular weight is 315 g/mol. The number of allylic oxidation sites excluding steroid dienone is 2. The van der Waals surface area contributed by atoms with Crippen molar-refractivity contribution >= 4 is 29.3 Å². The Bertz CT molecular complexity index is 649. The van der Waals surface area contributed by atoms with Gasteiger partial charge < -0.3 is 10.6 Å². The molecular weight excluding hydrogens is 294 g/mol. The summed E-state index contributed by atoms with van der Waals surface area (Å²) in [5, 5.41) is 0.629. The molecular formula is C17H21N3OS. The van der Waals surface area contributed by atoms with Crippen molar-refractivity contribution in [2.24, 2.45) is 4.99 Å². The molecule has 0 saturated carbocycles. The summed E-state index contributed by atoms with van der Waals surface area (Å²) in [6.45, 7) is 6.81. The highest BCUT2D eigenvalue weighted by Gasteiger charge is 2.22. The summed E-state index contributed by atoms with van der Waals surface area (Å²) in [7, 11) is 0. The number of nitrogens with two attached hydrogens (primary N) is 1. The van der Waals surface area contributed by atoms with Crippen LogP contribution in [0.15, 0.2) is 47.6 Å². The van der Waals surface area contributed by atoms with Gasteiger partial charge in [-0.15, -0.1) is 12.6 Å². The van der Waals surface area contributed by atoms with E-state index in [1.807, 2.05) is 31.2 Å². The molecule has 1 aromatic rings. The van der Waals surface area contributed by atoms with Crippen molar-refractivity contribution in [2.75, 3.05) is 18.8 Å². The zero-order valence-corrected chi connectivity index (χ0v) is 13.6. The van der Waals surface area contributed by atoms with E-state index in [0.717, 1.165) is 35.5 Å². The Morgan fingerprint density at radius 3 is 2.91 bits per heavy atom. The van der Waals surface area contributed by atoms with Crippen molar-refractivity contribution < 1.29 is 4.79 Å². The minimum atomic E-state index is 0.146. The van der Waals surface area contributed by atoms with E-state index in [4.69, 9.17) is 5.73 Å². The first-order valence-electron chi connectivity index (χ1n) is 7.25. The number of hydrogen-bond acceptors (Lipinski definition) is 3. The second-order valence-corrected chi connectivity index (χ2v) is 5.68. The molecule has 116 valence electrons. The number of amides is 1. The number of nitrogen functional groups attached to an aromatic ring is 1. The van der Waals surface area contributed by atoms with Gasteiger partial charge in [0.25, 0.3) is 0 Å². The highest BCUT2D eigenvalue weighted by molar-refractivity contribution is 7.97. The van der Waals surface area contributed by atoms with Crippen LogP contribution in [0.25, 0.3) is 0 Å². The van der Waals surface area contributed by atoms with Gasteiger partial charge in [-0.05, 0) is 37.1 Å². The Hall–Kier alpha value is -2.01. The molecule has 1 aliphatic heterocycles. The van der Waals surface area contributed by atoms with Crippen LogP contribution in [0, 0.1) is 6.92 Å². The number of hydrogen-bond donors (Lipinski definition) is 2. The van der Waals surface area contributed by atoms with Crippen LogP contribution < -0.4 is 5.73 Å². The zero-order valence-electron chi connectivity index (χ0n) is 12.7. The molecule has 0 bridgehead atoms. The molecule has 2 N–H and O–H groups in total. The molecule has 1 aromatic carbocycles. The third-order valence-corrected chi connectivity index (χ3v) is 4.05. The van der Waals surface area contributed by atoms with E-state index in [-0.39, 0.29) is 5.91 Å². The smallest absolute Gasteiger partial charge is 0.226 e. The van der Waals surface area contributed by atoms with Crippen LogP contribution in [0.2, 0.25) is 0 Å². The van der Waals surface area contributed by atoms with Crippen LogP contribution in [0.3, 0.4) is 0 Å². The van der Waals surface area contributed by atoms with Gasteiger partial charge in [-0.2, -0.15) is 0 Å². The van der Waals surface area contributed by atoms with Crippen molar-refractivity contribution in [3.05, 3.63) is 53.8 Å². The van der Waals surface area contributed by atoms with Crippen LogP contribution >= 0.6 is 12.6 Å². The first-order chi connectivity index (χ1) is 10.5.